The monoisotopic (exact) mass is 344 g/mol. The van der Waals surface area contributed by atoms with Gasteiger partial charge in [0.1, 0.15) is 5.82 Å². The lowest BCUT2D eigenvalue weighted by Gasteiger charge is -2.36. The van der Waals surface area contributed by atoms with E-state index in [1.54, 1.807) is 6.20 Å². The second-order valence-electron chi connectivity index (χ2n) is 7.05. The Morgan fingerprint density at radius 2 is 2.08 bits per heavy atom. The van der Waals surface area contributed by atoms with E-state index in [1.165, 1.54) is 0 Å². The van der Waals surface area contributed by atoms with Gasteiger partial charge in [-0.05, 0) is 51.2 Å². The zero-order chi connectivity index (χ0) is 17.6. The maximum absolute atomic E-state index is 12.0. The van der Waals surface area contributed by atoms with Crippen molar-refractivity contribution in [3.63, 3.8) is 0 Å². The van der Waals surface area contributed by atoms with Crippen LogP contribution in [0.1, 0.15) is 33.1 Å². The van der Waals surface area contributed by atoms with Crippen molar-refractivity contribution in [2.24, 2.45) is 5.92 Å². The van der Waals surface area contributed by atoms with Crippen LogP contribution in [0.3, 0.4) is 0 Å². The van der Waals surface area contributed by atoms with Gasteiger partial charge in [0.25, 0.3) is 0 Å². The summed E-state index contributed by atoms with van der Waals surface area (Å²) >= 11 is 0. The van der Waals surface area contributed by atoms with Crippen LogP contribution in [-0.2, 0) is 4.74 Å². The van der Waals surface area contributed by atoms with E-state index in [0.29, 0.717) is 18.2 Å². The number of nitrogens with zero attached hydrogens (tertiary/aromatic N) is 2. The Balaban J connectivity index is 1.48. The van der Waals surface area contributed by atoms with Gasteiger partial charge in [0.2, 0.25) is 0 Å². The molecule has 3 rings (SSSR count). The van der Waals surface area contributed by atoms with Gasteiger partial charge in [-0.2, -0.15) is 0 Å². The molecule has 6 heteroatoms. The van der Waals surface area contributed by atoms with Crippen LogP contribution in [0, 0.1) is 5.92 Å². The molecule has 0 radical (unpaired) electrons. The second-order valence-corrected chi connectivity index (χ2v) is 7.05. The van der Waals surface area contributed by atoms with Gasteiger partial charge in [-0.25, -0.2) is 9.78 Å². The number of hydrogen-bond acceptors (Lipinski definition) is 4. The van der Waals surface area contributed by atoms with Crippen LogP contribution in [0.4, 0.5) is 16.3 Å². The highest BCUT2D eigenvalue weighted by molar-refractivity contribution is 5.89. The molecule has 2 N–H and O–H groups in total. The molecule has 1 aromatic heterocycles. The summed E-state index contributed by atoms with van der Waals surface area (Å²) in [6.07, 6.45) is 9.81. The number of nitrogens with one attached hydrogen (secondary N) is 2. The quantitative estimate of drug-likeness (QED) is 0.824. The van der Waals surface area contributed by atoms with Gasteiger partial charge in [-0.15, -0.1) is 0 Å². The molecular formula is C19H28N4O2. The first-order chi connectivity index (χ1) is 12.1. The summed E-state index contributed by atoms with van der Waals surface area (Å²) in [4.78, 5) is 18.7. The highest BCUT2D eigenvalue weighted by Crippen LogP contribution is 2.20. The van der Waals surface area contributed by atoms with Gasteiger partial charge < -0.3 is 20.3 Å². The van der Waals surface area contributed by atoms with Crippen molar-refractivity contribution in [3.8, 4) is 0 Å². The third-order valence-electron chi connectivity index (χ3n) is 4.68. The Morgan fingerprint density at radius 1 is 1.28 bits per heavy atom. The number of allylic oxidation sites excluding steroid dienone is 2. The average molecular weight is 344 g/mol. The predicted octanol–water partition coefficient (Wildman–Crippen LogP) is 3.17. The molecule has 2 aliphatic rings. The number of morpholine rings is 1. The molecule has 2 amide bonds. The third-order valence-corrected chi connectivity index (χ3v) is 4.68. The molecule has 1 aromatic rings. The molecule has 136 valence electrons. The van der Waals surface area contributed by atoms with Crippen LogP contribution in [0.25, 0.3) is 0 Å². The summed E-state index contributed by atoms with van der Waals surface area (Å²) in [7, 11) is 0. The number of ether oxygens (including phenoxy) is 1. The minimum Gasteiger partial charge on any atom is -0.372 e. The van der Waals surface area contributed by atoms with Gasteiger partial charge in [-0.3, -0.25) is 0 Å². The maximum Gasteiger partial charge on any atom is 0.319 e. The molecule has 0 aromatic carbocycles. The van der Waals surface area contributed by atoms with Crippen molar-refractivity contribution >= 4 is 17.5 Å². The van der Waals surface area contributed by atoms with Crippen LogP contribution in [0.2, 0.25) is 0 Å². The lowest BCUT2D eigenvalue weighted by atomic mass is 9.94. The van der Waals surface area contributed by atoms with Crippen molar-refractivity contribution < 1.29 is 9.53 Å². The number of urea groups is 1. The van der Waals surface area contributed by atoms with Crippen molar-refractivity contribution in [3.05, 3.63) is 30.5 Å². The molecule has 0 saturated carbocycles. The standard InChI is InChI=1S/C19H28N4O2/c1-14-12-23(13-15(2)25-14)18-9-8-17(11-20-18)22-19(24)21-10-16-6-4-3-5-7-16/h3-4,8-9,11,14-16H,5-7,10,12-13H2,1-2H3,(H2,21,22,24). The summed E-state index contributed by atoms with van der Waals surface area (Å²) in [5, 5.41) is 5.81. The number of amides is 2. The molecule has 25 heavy (non-hydrogen) atoms. The van der Waals surface area contributed by atoms with Gasteiger partial charge in [-0.1, -0.05) is 12.2 Å². The topological polar surface area (TPSA) is 66.5 Å². The average Bonchev–Trinajstić information content (AvgIpc) is 2.61. The second kappa shape index (κ2) is 8.34. The molecule has 1 aliphatic carbocycles. The summed E-state index contributed by atoms with van der Waals surface area (Å²) in [6, 6.07) is 3.68. The Labute approximate surface area is 149 Å². The van der Waals surface area contributed by atoms with Crippen LogP contribution < -0.4 is 15.5 Å². The number of carbonyl (C=O) groups is 1. The van der Waals surface area contributed by atoms with Gasteiger partial charge in [0, 0.05) is 19.6 Å². The Kier molecular flexibility index (Phi) is 5.91. The van der Waals surface area contributed by atoms with E-state index in [-0.39, 0.29) is 18.2 Å². The van der Waals surface area contributed by atoms with Crippen LogP contribution in [-0.4, -0.2) is 42.9 Å². The van der Waals surface area contributed by atoms with Gasteiger partial charge in [0.05, 0.1) is 24.1 Å². The summed E-state index contributed by atoms with van der Waals surface area (Å²) in [6.45, 7) is 6.53. The highest BCUT2D eigenvalue weighted by atomic mass is 16.5. The molecule has 1 fully saturated rings. The first kappa shape index (κ1) is 17.7. The molecule has 3 unspecified atom stereocenters. The number of pyridine rings is 1. The van der Waals surface area contributed by atoms with Crippen LogP contribution >= 0.6 is 0 Å². The largest absolute Gasteiger partial charge is 0.372 e. The van der Waals surface area contributed by atoms with E-state index in [0.717, 1.165) is 38.2 Å². The minimum atomic E-state index is -0.169. The number of anilines is 2. The van der Waals surface area contributed by atoms with Crippen molar-refractivity contribution in [2.75, 3.05) is 29.9 Å². The predicted molar refractivity (Wildman–Crippen MR) is 100.0 cm³/mol. The molecule has 6 nitrogen and oxygen atoms in total. The van der Waals surface area contributed by atoms with Crippen molar-refractivity contribution in [1.29, 1.82) is 0 Å². The van der Waals surface area contributed by atoms with Gasteiger partial charge in [0.15, 0.2) is 0 Å². The summed E-state index contributed by atoms with van der Waals surface area (Å²) in [5.41, 5.74) is 0.708. The third kappa shape index (κ3) is 5.19. The molecule has 2 heterocycles. The fourth-order valence-corrected chi connectivity index (χ4v) is 3.47. The Hall–Kier alpha value is -2.08. The van der Waals surface area contributed by atoms with E-state index in [9.17, 15) is 4.79 Å². The first-order valence-electron chi connectivity index (χ1n) is 9.16. The van der Waals surface area contributed by atoms with E-state index in [2.05, 4.69) is 46.5 Å². The van der Waals surface area contributed by atoms with E-state index in [1.807, 2.05) is 12.1 Å². The highest BCUT2D eigenvalue weighted by Gasteiger charge is 2.23. The molecule has 1 aliphatic heterocycles. The van der Waals surface area contributed by atoms with Crippen LogP contribution in [0.15, 0.2) is 30.5 Å². The first-order valence-corrected chi connectivity index (χ1v) is 9.16. The smallest absolute Gasteiger partial charge is 0.319 e. The molecular weight excluding hydrogens is 316 g/mol. The van der Waals surface area contributed by atoms with E-state index < -0.39 is 0 Å². The zero-order valence-electron chi connectivity index (χ0n) is 15.1. The van der Waals surface area contributed by atoms with Crippen molar-refractivity contribution in [1.82, 2.24) is 10.3 Å². The van der Waals surface area contributed by atoms with Gasteiger partial charge >= 0.3 is 6.03 Å². The molecule has 0 spiro atoms. The van der Waals surface area contributed by atoms with E-state index in [4.69, 9.17) is 4.74 Å². The lowest BCUT2D eigenvalue weighted by molar-refractivity contribution is -0.00545. The molecule has 0 bridgehead atoms. The van der Waals surface area contributed by atoms with Crippen molar-refractivity contribution in [2.45, 2.75) is 45.3 Å². The zero-order valence-corrected chi connectivity index (χ0v) is 15.1. The maximum atomic E-state index is 12.0. The fraction of sp³-hybridized carbons (Fsp3) is 0.579. The number of rotatable bonds is 4. The SMILES string of the molecule is CC1CN(c2ccc(NC(=O)NCC3CC=CCC3)cn2)CC(C)O1. The number of aromatic nitrogens is 1. The Morgan fingerprint density at radius 3 is 2.72 bits per heavy atom. The Bertz CT molecular complexity index is 592. The minimum absolute atomic E-state index is 0.169. The molecule has 3 atom stereocenters. The summed E-state index contributed by atoms with van der Waals surface area (Å²) in [5.74, 6) is 1.46. The van der Waals surface area contributed by atoms with Crippen LogP contribution in [0.5, 0.6) is 0 Å². The number of carbonyl (C=O) groups excluding carboxylic acids is 1. The fourth-order valence-electron chi connectivity index (χ4n) is 3.47. The normalized spacial score (nSPS) is 26.3. The lowest BCUT2D eigenvalue weighted by Crippen LogP contribution is -2.45. The number of hydrogen-bond donors (Lipinski definition) is 2. The molecule has 1 saturated heterocycles. The summed E-state index contributed by atoms with van der Waals surface area (Å²) < 4.78 is 5.75. The van der Waals surface area contributed by atoms with E-state index >= 15 is 0 Å².